The molecule has 0 saturated carbocycles. The van der Waals surface area contributed by atoms with Crippen molar-refractivity contribution in [3.05, 3.63) is 34.3 Å². The first-order chi connectivity index (χ1) is 9.15. The number of benzene rings is 1. The summed E-state index contributed by atoms with van der Waals surface area (Å²) < 4.78 is 1.04. The zero-order valence-corrected chi connectivity index (χ0v) is 12.6. The molecule has 5 heteroatoms. The van der Waals surface area contributed by atoms with E-state index in [1.807, 2.05) is 29.2 Å². The fraction of sp³-hybridized carbons (Fsp3) is 0.500. The Morgan fingerprint density at radius 1 is 1.26 bits per heavy atom. The van der Waals surface area contributed by atoms with Crippen LogP contribution in [0.5, 0.6) is 0 Å². The Kier molecular flexibility index (Phi) is 3.60. The third-order valence-corrected chi connectivity index (χ3v) is 4.51. The van der Waals surface area contributed by atoms with E-state index in [0.29, 0.717) is 6.04 Å². The van der Waals surface area contributed by atoms with Crippen LogP contribution in [0.3, 0.4) is 0 Å². The number of carbonyl (C=O) groups excluding carboxylic acids is 1. The Labute approximate surface area is 121 Å². The van der Waals surface area contributed by atoms with Gasteiger partial charge in [-0.25, -0.2) is 0 Å². The maximum atomic E-state index is 12.6. The highest BCUT2D eigenvalue weighted by Crippen LogP contribution is 2.24. The number of fused-ring (bicyclic) bond motifs is 1. The quantitative estimate of drug-likeness (QED) is 0.844. The van der Waals surface area contributed by atoms with Crippen LogP contribution in [0.4, 0.5) is 0 Å². The van der Waals surface area contributed by atoms with Crippen LogP contribution in [0.1, 0.15) is 11.6 Å². The molecule has 2 saturated heterocycles. The van der Waals surface area contributed by atoms with Crippen molar-refractivity contribution in [1.29, 1.82) is 0 Å². The molecule has 2 unspecified atom stereocenters. The van der Waals surface area contributed by atoms with E-state index < -0.39 is 0 Å². The number of rotatable bonds is 1. The topological polar surface area (TPSA) is 35.6 Å². The molecule has 1 amide bonds. The lowest BCUT2D eigenvalue weighted by atomic mass is 9.99. The molecule has 2 atom stereocenters. The minimum atomic E-state index is -0.187. The van der Waals surface area contributed by atoms with Gasteiger partial charge >= 0.3 is 0 Å². The van der Waals surface area contributed by atoms with Crippen molar-refractivity contribution in [1.82, 2.24) is 15.1 Å². The summed E-state index contributed by atoms with van der Waals surface area (Å²) in [5.74, 6) is 0.215. The molecular formula is C14H18BrN3O. The van der Waals surface area contributed by atoms with Gasteiger partial charge in [-0.1, -0.05) is 28.1 Å². The molecule has 0 aliphatic carbocycles. The maximum absolute atomic E-state index is 12.6. The van der Waals surface area contributed by atoms with Crippen molar-refractivity contribution in [2.45, 2.75) is 12.1 Å². The normalized spacial score (nSPS) is 28.3. The van der Waals surface area contributed by atoms with Gasteiger partial charge in [-0.3, -0.25) is 4.79 Å². The molecule has 0 bridgehead atoms. The van der Waals surface area contributed by atoms with Gasteiger partial charge in [0, 0.05) is 30.7 Å². The molecule has 2 aliphatic rings. The molecule has 0 spiro atoms. The second-order valence-electron chi connectivity index (χ2n) is 5.34. The minimum Gasteiger partial charge on any atom is -0.334 e. The highest BCUT2D eigenvalue weighted by Gasteiger charge is 2.37. The van der Waals surface area contributed by atoms with Crippen LogP contribution in [0.25, 0.3) is 0 Å². The van der Waals surface area contributed by atoms with Crippen LogP contribution >= 0.6 is 15.9 Å². The van der Waals surface area contributed by atoms with Gasteiger partial charge in [0.15, 0.2) is 0 Å². The smallest absolute Gasteiger partial charge is 0.244 e. The van der Waals surface area contributed by atoms with E-state index in [4.69, 9.17) is 0 Å². The summed E-state index contributed by atoms with van der Waals surface area (Å²) in [5.41, 5.74) is 1.05. The molecule has 1 aromatic carbocycles. The summed E-state index contributed by atoms with van der Waals surface area (Å²) in [6, 6.07) is 8.12. The summed E-state index contributed by atoms with van der Waals surface area (Å²) in [5, 5.41) is 3.39. The molecule has 1 N–H and O–H groups in total. The van der Waals surface area contributed by atoms with Crippen molar-refractivity contribution in [3.63, 3.8) is 0 Å². The molecule has 102 valence electrons. The average Bonchev–Trinajstić information content (AvgIpc) is 2.40. The molecule has 19 heavy (non-hydrogen) atoms. The number of likely N-dealkylation sites (N-methyl/N-ethyl adjacent to an activating group) is 1. The number of carbonyl (C=O) groups is 1. The van der Waals surface area contributed by atoms with E-state index in [9.17, 15) is 4.79 Å². The van der Waals surface area contributed by atoms with Gasteiger partial charge < -0.3 is 15.1 Å². The standard InChI is InChI=1S/C14H18BrN3O/c1-17-6-7-18-12(9-17)8-16-13(14(18)19)10-2-4-11(15)5-3-10/h2-5,12-13,16H,6-9H2,1H3. The molecule has 4 nitrogen and oxygen atoms in total. The van der Waals surface area contributed by atoms with E-state index in [1.54, 1.807) is 0 Å². The summed E-state index contributed by atoms with van der Waals surface area (Å²) >= 11 is 3.43. The van der Waals surface area contributed by atoms with Gasteiger partial charge in [-0.2, -0.15) is 0 Å². The van der Waals surface area contributed by atoms with E-state index in [1.165, 1.54) is 0 Å². The van der Waals surface area contributed by atoms with Crippen LogP contribution in [-0.4, -0.2) is 55.0 Å². The summed E-state index contributed by atoms with van der Waals surface area (Å²) in [6.45, 7) is 3.65. The second kappa shape index (κ2) is 5.23. The molecular weight excluding hydrogens is 306 g/mol. The molecule has 2 heterocycles. The van der Waals surface area contributed by atoms with Crippen molar-refractivity contribution in [3.8, 4) is 0 Å². The van der Waals surface area contributed by atoms with Gasteiger partial charge in [0.2, 0.25) is 5.91 Å². The number of nitrogens with one attached hydrogen (secondary N) is 1. The lowest BCUT2D eigenvalue weighted by Crippen LogP contribution is -2.63. The lowest BCUT2D eigenvalue weighted by Gasteiger charge is -2.45. The number of hydrogen-bond donors (Lipinski definition) is 1. The summed E-state index contributed by atoms with van der Waals surface area (Å²) in [6.07, 6.45) is 0. The Morgan fingerprint density at radius 2 is 2.00 bits per heavy atom. The Morgan fingerprint density at radius 3 is 2.74 bits per heavy atom. The zero-order valence-electron chi connectivity index (χ0n) is 11.0. The SMILES string of the molecule is CN1CCN2C(=O)C(c3ccc(Br)cc3)NCC2C1. The Bertz CT molecular complexity index is 476. The Balaban J connectivity index is 1.79. The Hall–Kier alpha value is -0.910. The molecule has 0 aromatic heterocycles. The monoisotopic (exact) mass is 323 g/mol. The highest BCUT2D eigenvalue weighted by molar-refractivity contribution is 9.10. The van der Waals surface area contributed by atoms with Crippen LogP contribution in [0, 0.1) is 0 Å². The van der Waals surface area contributed by atoms with E-state index >= 15 is 0 Å². The average molecular weight is 324 g/mol. The fourth-order valence-corrected chi connectivity index (χ4v) is 3.16. The zero-order chi connectivity index (χ0) is 13.4. The molecule has 1 aromatic rings. The summed E-state index contributed by atoms with van der Waals surface area (Å²) in [7, 11) is 2.11. The summed E-state index contributed by atoms with van der Waals surface area (Å²) in [4.78, 5) is 16.9. The third-order valence-electron chi connectivity index (χ3n) is 3.98. The van der Waals surface area contributed by atoms with Gasteiger partial charge in [-0.15, -0.1) is 0 Å². The van der Waals surface area contributed by atoms with E-state index in [0.717, 1.165) is 36.2 Å². The van der Waals surface area contributed by atoms with Gasteiger partial charge in [0.05, 0.1) is 6.04 Å². The van der Waals surface area contributed by atoms with Gasteiger partial charge in [0.25, 0.3) is 0 Å². The molecule has 2 aliphatic heterocycles. The van der Waals surface area contributed by atoms with Gasteiger partial charge in [-0.05, 0) is 24.7 Å². The van der Waals surface area contributed by atoms with Crippen molar-refractivity contribution >= 4 is 21.8 Å². The van der Waals surface area contributed by atoms with Crippen LogP contribution < -0.4 is 5.32 Å². The second-order valence-corrected chi connectivity index (χ2v) is 6.26. The van der Waals surface area contributed by atoms with Crippen LogP contribution in [-0.2, 0) is 4.79 Å². The first-order valence-corrected chi connectivity index (χ1v) is 7.42. The highest BCUT2D eigenvalue weighted by atomic mass is 79.9. The first kappa shape index (κ1) is 13.1. The predicted octanol–water partition coefficient (Wildman–Crippen LogP) is 1.24. The lowest BCUT2D eigenvalue weighted by molar-refractivity contribution is -0.141. The predicted molar refractivity (Wildman–Crippen MR) is 77.9 cm³/mol. The molecule has 3 rings (SSSR count). The minimum absolute atomic E-state index is 0.187. The van der Waals surface area contributed by atoms with Crippen molar-refractivity contribution in [2.24, 2.45) is 0 Å². The first-order valence-electron chi connectivity index (χ1n) is 6.63. The number of amides is 1. The fourth-order valence-electron chi connectivity index (χ4n) is 2.90. The van der Waals surface area contributed by atoms with Crippen LogP contribution in [0.15, 0.2) is 28.7 Å². The molecule has 0 radical (unpaired) electrons. The maximum Gasteiger partial charge on any atom is 0.244 e. The number of hydrogen-bond acceptors (Lipinski definition) is 3. The number of piperazine rings is 2. The number of halogens is 1. The molecule has 2 fully saturated rings. The van der Waals surface area contributed by atoms with Crippen molar-refractivity contribution < 1.29 is 4.79 Å². The van der Waals surface area contributed by atoms with Crippen LogP contribution in [0.2, 0.25) is 0 Å². The van der Waals surface area contributed by atoms with Crippen molar-refractivity contribution in [2.75, 3.05) is 33.2 Å². The van der Waals surface area contributed by atoms with E-state index in [-0.39, 0.29) is 11.9 Å². The van der Waals surface area contributed by atoms with Gasteiger partial charge in [0.1, 0.15) is 6.04 Å². The largest absolute Gasteiger partial charge is 0.334 e. The third kappa shape index (κ3) is 2.55. The van der Waals surface area contributed by atoms with E-state index in [2.05, 4.69) is 33.2 Å². The number of nitrogens with zero attached hydrogens (tertiary/aromatic N) is 2.